The van der Waals surface area contributed by atoms with Gasteiger partial charge in [0.25, 0.3) is 0 Å². The highest BCUT2D eigenvalue weighted by atomic mass is 16.3. The molecule has 286 valence electrons. The van der Waals surface area contributed by atoms with Crippen LogP contribution in [0.2, 0.25) is 0 Å². The molecule has 1 aliphatic carbocycles. The summed E-state index contributed by atoms with van der Waals surface area (Å²) in [5.41, 5.74) is 3.25. The van der Waals surface area contributed by atoms with E-state index in [9.17, 15) is 24.3 Å². The molecular weight excluding hydrogens is 679 g/mol. The van der Waals surface area contributed by atoms with Crippen LogP contribution in [-0.2, 0) is 38.4 Å². The van der Waals surface area contributed by atoms with E-state index < -0.39 is 23.6 Å². The fourth-order valence-corrected chi connectivity index (χ4v) is 9.33. The molecule has 10 nitrogen and oxygen atoms in total. The summed E-state index contributed by atoms with van der Waals surface area (Å²) in [6.45, 7) is 3.26. The maximum Gasteiger partial charge on any atom is 0.312 e. The fourth-order valence-electron chi connectivity index (χ4n) is 9.33. The highest BCUT2D eigenvalue weighted by molar-refractivity contribution is 6.36. The number of likely N-dealkylation sites (tertiary alicyclic amines) is 1. The molecule has 3 aromatic carbocycles. The van der Waals surface area contributed by atoms with Crippen molar-refractivity contribution in [2.24, 2.45) is 5.92 Å². The predicted molar refractivity (Wildman–Crippen MR) is 207 cm³/mol. The van der Waals surface area contributed by atoms with Crippen LogP contribution in [0, 0.1) is 5.92 Å². The number of piperazine rings is 2. The van der Waals surface area contributed by atoms with Gasteiger partial charge in [-0.2, -0.15) is 0 Å². The van der Waals surface area contributed by atoms with Crippen LogP contribution < -0.4 is 5.32 Å². The van der Waals surface area contributed by atoms with Crippen LogP contribution >= 0.6 is 0 Å². The van der Waals surface area contributed by atoms with Crippen molar-refractivity contribution in [2.45, 2.75) is 94.8 Å². The highest BCUT2D eigenvalue weighted by Crippen LogP contribution is 2.32. The van der Waals surface area contributed by atoms with E-state index >= 15 is 0 Å². The van der Waals surface area contributed by atoms with Crippen molar-refractivity contribution in [2.75, 3.05) is 39.3 Å². The average molecular weight is 734 g/mol. The second kappa shape index (κ2) is 17.6. The van der Waals surface area contributed by atoms with Gasteiger partial charge in [-0.25, -0.2) is 0 Å². The minimum Gasteiger partial charge on any atom is -0.508 e. The minimum absolute atomic E-state index is 0.0535. The Morgan fingerprint density at radius 1 is 0.667 bits per heavy atom. The molecule has 0 spiro atoms. The fraction of sp³-hybridized carbons (Fsp3) is 0.500. The molecule has 2 N–H and O–H groups in total. The van der Waals surface area contributed by atoms with Gasteiger partial charge in [0.2, 0.25) is 0 Å². The molecule has 3 aromatic rings. The summed E-state index contributed by atoms with van der Waals surface area (Å²) in [6, 6.07) is 26.9. The van der Waals surface area contributed by atoms with E-state index in [1.165, 1.54) is 19.3 Å². The van der Waals surface area contributed by atoms with Crippen molar-refractivity contribution in [3.8, 4) is 5.75 Å². The van der Waals surface area contributed by atoms with E-state index in [2.05, 4.69) is 34.5 Å². The highest BCUT2D eigenvalue weighted by Gasteiger charge is 2.44. The number of hydrogen-bond donors (Lipinski definition) is 2. The molecule has 3 heterocycles. The maximum absolute atomic E-state index is 14.3. The molecule has 4 aliphatic rings. The number of rotatable bonds is 14. The second-order valence-corrected chi connectivity index (χ2v) is 15.9. The van der Waals surface area contributed by atoms with Crippen molar-refractivity contribution < 1.29 is 24.3 Å². The van der Waals surface area contributed by atoms with Crippen molar-refractivity contribution in [1.29, 1.82) is 0 Å². The Morgan fingerprint density at radius 2 is 1.33 bits per heavy atom. The number of nitrogens with one attached hydrogen (secondary N) is 1. The van der Waals surface area contributed by atoms with E-state index in [4.69, 9.17) is 0 Å². The molecule has 10 heteroatoms. The zero-order chi connectivity index (χ0) is 37.4. The lowest BCUT2D eigenvalue weighted by molar-refractivity contribution is -0.161. The normalized spacial score (nSPS) is 23.6. The van der Waals surface area contributed by atoms with Crippen molar-refractivity contribution >= 4 is 23.6 Å². The summed E-state index contributed by atoms with van der Waals surface area (Å²) in [7, 11) is 0. The van der Waals surface area contributed by atoms with E-state index in [1.54, 1.807) is 21.9 Å². The standard InChI is InChI=1S/C44H55N5O5/c50-40-20-18-35(19-21-40)27-39-31-49(44(54)43(53)47(39)24-22-32-11-4-1-5-12-32)38(26-34-15-8-3-9-16-34)29-46-23-10-17-36(46)30-48-37(28-45-41(51)42(48)52)25-33-13-6-2-7-14-33/h1-2,4-7,11-14,18-21,34,36-39,50H,3,8-10,15-17,22-31H2,(H,45,51)/t36-,37-,38+,39-/m0/s1. The van der Waals surface area contributed by atoms with E-state index in [0.717, 1.165) is 55.3 Å². The van der Waals surface area contributed by atoms with E-state index in [-0.39, 0.29) is 29.9 Å². The number of phenols is 1. The van der Waals surface area contributed by atoms with Crippen LogP contribution in [0.5, 0.6) is 5.75 Å². The Bertz CT molecular complexity index is 1730. The Kier molecular flexibility index (Phi) is 12.3. The molecule has 54 heavy (non-hydrogen) atoms. The summed E-state index contributed by atoms with van der Waals surface area (Å²) in [6.07, 6.45) is 10.5. The number of carbonyl (C=O) groups excluding carboxylic acids is 4. The molecule has 0 radical (unpaired) electrons. The van der Waals surface area contributed by atoms with Gasteiger partial charge in [-0.05, 0) is 79.8 Å². The van der Waals surface area contributed by atoms with Crippen LogP contribution in [0.4, 0.5) is 0 Å². The summed E-state index contributed by atoms with van der Waals surface area (Å²) < 4.78 is 0. The first kappa shape index (κ1) is 37.6. The first-order chi connectivity index (χ1) is 26.3. The lowest BCUT2D eigenvalue weighted by atomic mass is 9.84. The first-order valence-electron chi connectivity index (χ1n) is 20.1. The van der Waals surface area contributed by atoms with Gasteiger partial charge in [-0.1, -0.05) is 105 Å². The molecular formula is C44H55N5O5. The van der Waals surface area contributed by atoms with Gasteiger partial charge >= 0.3 is 23.6 Å². The lowest BCUT2D eigenvalue weighted by Crippen LogP contribution is -2.64. The summed E-state index contributed by atoms with van der Waals surface area (Å²) in [4.78, 5) is 62.5. The van der Waals surface area contributed by atoms with Crippen LogP contribution in [-0.4, -0.2) is 112 Å². The lowest BCUT2D eigenvalue weighted by Gasteiger charge is -2.46. The summed E-state index contributed by atoms with van der Waals surface area (Å²) in [5.74, 6) is -1.21. The summed E-state index contributed by atoms with van der Waals surface area (Å²) in [5, 5.41) is 12.8. The first-order valence-corrected chi connectivity index (χ1v) is 20.1. The molecule has 7 rings (SSSR count). The third-order valence-electron chi connectivity index (χ3n) is 12.3. The Balaban J connectivity index is 1.12. The van der Waals surface area contributed by atoms with Gasteiger partial charge in [0.15, 0.2) is 0 Å². The Labute approximate surface area is 319 Å². The Morgan fingerprint density at radius 3 is 2.06 bits per heavy atom. The number of phenolic OH excluding ortho intramolecular Hbond substituents is 1. The van der Waals surface area contributed by atoms with Gasteiger partial charge in [-0.3, -0.25) is 24.1 Å². The van der Waals surface area contributed by atoms with Gasteiger partial charge in [-0.15, -0.1) is 0 Å². The third-order valence-corrected chi connectivity index (χ3v) is 12.3. The van der Waals surface area contributed by atoms with Crippen molar-refractivity contribution in [3.63, 3.8) is 0 Å². The van der Waals surface area contributed by atoms with Crippen molar-refractivity contribution in [1.82, 2.24) is 24.9 Å². The van der Waals surface area contributed by atoms with Crippen molar-refractivity contribution in [3.05, 3.63) is 102 Å². The molecule has 4 amide bonds. The van der Waals surface area contributed by atoms with Gasteiger partial charge < -0.3 is 25.1 Å². The van der Waals surface area contributed by atoms with Gasteiger partial charge in [0.1, 0.15) is 5.75 Å². The summed E-state index contributed by atoms with van der Waals surface area (Å²) >= 11 is 0. The van der Waals surface area contributed by atoms with E-state index in [0.29, 0.717) is 57.9 Å². The quantitative estimate of drug-likeness (QED) is 0.235. The zero-order valence-corrected chi connectivity index (χ0v) is 31.4. The molecule has 4 atom stereocenters. The Hall–Kier alpha value is -4.70. The van der Waals surface area contributed by atoms with Crippen LogP contribution in [0.3, 0.4) is 0 Å². The molecule has 3 saturated heterocycles. The second-order valence-electron chi connectivity index (χ2n) is 15.9. The minimum atomic E-state index is -0.548. The number of benzene rings is 3. The van der Waals surface area contributed by atoms with Crippen LogP contribution in [0.1, 0.15) is 68.1 Å². The number of amides is 4. The number of nitrogens with zero attached hydrogens (tertiary/aromatic N) is 4. The monoisotopic (exact) mass is 733 g/mol. The molecule has 0 bridgehead atoms. The van der Waals surface area contributed by atoms with E-state index in [1.807, 2.05) is 53.4 Å². The molecule has 4 fully saturated rings. The van der Waals surface area contributed by atoms with Gasteiger partial charge in [0.05, 0.1) is 12.1 Å². The molecule has 0 aromatic heterocycles. The van der Waals surface area contributed by atoms with Crippen LogP contribution in [0.15, 0.2) is 84.9 Å². The largest absolute Gasteiger partial charge is 0.508 e. The molecule has 1 saturated carbocycles. The topological polar surface area (TPSA) is 114 Å². The van der Waals surface area contributed by atoms with Crippen LogP contribution in [0.25, 0.3) is 0 Å². The number of aromatic hydroxyl groups is 1. The smallest absolute Gasteiger partial charge is 0.312 e. The SMILES string of the molecule is O=C1NC[C@H](Cc2ccccc2)N(C[C@@H]2CCCN2C[C@@H](CC2CCCCC2)N2C[C@H](Cc3ccc(O)cc3)N(CCc3ccccc3)C(=O)C2=O)C1=O. The molecule has 0 unspecified atom stereocenters. The third kappa shape index (κ3) is 9.14. The zero-order valence-electron chi connectivity index (χ0n) is 31.4. The molecule has 3 aliphatic heterocycles. The number of hydrogen-bond acceptors (Lipinski definition) is 6. The average Bonchev–Trinajstić information content (AvgIpc) is 3.63. The number of carbonyl (C=O) groups is 4. The van der Waals surface area contributed by atoms with Gasteiger partial charge in [0, 0.05) is 44.8 Å². The predicted octanol–water partition coefficient (Wildman–Crippen LogP) is 4.59. The maximum atomic E-state index is 14.3.